The van der Waals surface area contributed by atoms with E-state index in [1.807, 2.05) is 44.0 Å². The van der Waals surface area contributed by atoms with Crippen LogP contribution in [0.2, 0.25) is 0 Å². The summed E-state index contributed by atoms with van der Waals surface area (Å²) < 4.78 is 5.84. The van der Waals surface area contributed by atoms with Gasteiger partial charge in [0, 0.05) is 32.4 Å². The SMILES string of the molecule is CC1CN(C(=O)NCc2ccc(N3CCCC3)nc2)CC(C)(C)O1. The Balaban J connectivity index is 1.52. The predicted octanol–water partition coefficient (Wildman–Crippen LogP) is 2.39. The Morgan fingerprint density at radius 3 is 2.75 bits per heavy atom. The molecule has 1 aromatic heterocycles. The molecule has 2 saturated heterocycles. The maximum absolute atomic E-state index is 12.4. The quantitative estimate of drug-likeness (QED) is 0.923. The molecule has 0 spiro atoms. The molecule has 0 aromatic carbocycles. The highest BCUT2D eigenvalue weighted by molar-refractivity contribution is 5.74. The van der Waals surface area contributed by atoms with Gasteiger partial charge >= 0.3 is 6.03 Å². The van der Waals surface area contributed by atoms with E-state index in [4.69, 9.17) is 4.74 Å². The topological polar surface area (TPSA) is 57.7 Å². The maximum Gasteiger partial charge on any atom is 0.317 e. The molecule has 2 aliphatic rings. The van der Waals surface area contributed by atoms with Crippen LogP contribution in [0.3, 0.4) is 0 Å². The summed E-state index contributed by atoms with van der Waals surface area (Å²) in [6.45, 7) is 9.95. The predicted molar refractivity (Wildman–Crippen MR) is 94.1 cm³/mol. The van der Waals surface area contributed by atoms with Crippen molar-refractivity contribution in [3.8, 4) is 0 Å². The van der Waals surface area contributed by atoms with Crippen molar-refractivity contribution in [2.75, 3.05) is 31.1 Å². The monoisotopic (exact) mass is 332 g/mol. The minimum absolute atomic E-state index is 0.0400. The Bertz CT molecular complexity index is 567. The van der Waals surface area contributed by atoms with Crippen LogP contribution in [0.5, 0.6) is 0 Å². The van der Waals surface area contributed by atoms with Gasteiger partial charge in [-0.05, 0) is 45.2 Å². The number of carbonyl (C=O) groups is 1. The van der Waals surface area contributed by atoms with Gasteiger partial charge in [0.1, 0.15) is 5.82 Å². The molecule has 0 bridgehead atoms. The zero-order chi connectivity index (χ0) is 17.2. The molecule has 2 amide bonds. The molecule has 1 unspecified atom stereocenters. The van der Waals surface area contributed by atoms with E-state index in [-0.39, 0.29) is 17.7 Å². The Morgan fingerprint density at radius 1 is 1.38 bits per heavy atom. The first-order valence-electron chi connectivity index (χ1n) is 8.83. The van der Waals surface area contributed by atoms with Gasteiger partial charge in [0.15, 0.2) is 0 Å². The van der Waals surface area contributed by atoms with Crippen LogP contribution < -0.4 is 10.2 Å². The summed E-state index contributed by atoms with van der Waals surface area (Å²) >= 11 is 0. The number of carbonyl (C=O) groups excluding carboxylic acids is 1. The first-order chi connectivity index (χ1) is 11.4. The summed E-state index contributed by atoms with van der Waals surface area (Å²) in [6.07, 6.45) is 4.41. The molecular formula is C18H28N4O2. The van der Waals surface area contributed by atoms with E-state index in [0.717, 1.165) is 24.5 Å². The zero-order valence-corrected chi connectivity index (χ0v) is 14.9. The van der Waals surface area contributed by atoms with Crippen LogP contribution in [0.4, 0.5) is 10.6 Å². The van der Waals surface area contributed by atoms with E-state index in [2.05, 4.69) is 15.2 Å². The van der Waals surface area contributed by atoms with E-state index in [9.17, 15) is 4.79 Å². The average Bonchev–Trinajstić information content (AvgIpc) is 3.05. The number of rotatable bonds is 3. The molecule has 0 saturated carbocycles. The highest BCUT2D eigenvalue weighted by Gasteiger charge is 2.33. The fraction of sp³-hybridized carbons (Fsp3) is 0.667. The number of aromatic nitrogens is 1. The lowest BCUT2D eigenvalue weighted by Gasteiger charge is -2.41. The third kappa shape index (κ3) is 4.17. The molecule has 0 radical (unpaired) electrons. The Morgan fingerprint density at radius 2 is 2.12 bits per heavy atom. The highest BCUT2D eigenvalue weighted by atomic mass is 16.5. The summed E-state index contributed by atoms with van der Waals surface area (Å²) in [5.41, 5.74) is 0.723. The van der Waals surface area contributed by atoms with Crippen molar-refractivity contribution in [1.82, 2.24) is 15.2 Å². The standard InChI is InChI=1S/C18H28N4O2/c1-14-12-22(13-18(2,3)24-14)17(23)20-11-15-6-7-16(19-10-15)21-8-4-5-9-21/h6-7,10,14H,4-5,8-9,11-13H2,1-3H3,(H,20,23). The summed E-state index contributed by atoms with van der Waals surface area (Å²) in [7, 11) is 0. The van der Waals surface area contributed by atoms with Crippen LogP contribution in [0.25, 0.3) is 0 Å². The first-order valence-corrected chi connectivity index (χ1v) is 8.83. The van der Waals surface area contributed by atoms with Gasteiger partial charge in [-0.2, -0.15) is 0 Å². The number of pyridine rings is 1. The van der Waals surface area contributed by atoms with Gasteiger partial charge in [0.05, 0.1) is 18.2 Å². The number of nitrogens with zero attached hydrogens (tertiary/aromatic N) is 3. The van der Waals surface area contributed by atoms with Gasteiger partial charge in [-0.25, -0.2) is 9.78 Å². The van der Waals surface area contributed by atoms with Gasteiger partial charge in [0.2, 0.25) is 0 Å². The lowest BCUT2D eigenvalue weighted by atomic mass is 10.1. The van der Waals surface area contributed by atoms with Crippen LogP contribution in [-0.2, 0) is 11.3 Å². The van der Waals surface area contributed by atoms with Crippen LogP contribution in [-0.4, -0.2) is 53.8 Å². The van der Waals surface area contributed by atoms with E-state index >= 15 is 0 Å². The molecule has 24 heavy (non-hydrogen) atoms. The lowest BCUT2D eigenvalue weighted by Crippen LogP contribution is -2.56. The minimum atomic E-state index is -0.298. The Kier molecular flexibility index (Phi) is 4.94. The van der Waals surface area contributed by atoms with Crippen LogP contribution in [0.1, 0.15) is 39.2 Å². The number of morpholine rings is 1. The number of anilines is 1. The van der Waals surface area contributed by atoms with Gasteiger partial charge in [-0.15, -0.1) is 0 Å². The molecular weight excluding hydrogens is 304 g/mol. The molecule has 1 aromatic rings. The molecule has 1 N–H and O–H groups in total. The van der Waals surface area contributed by atoms with Crippen molar-refractivity contribution in [3.05, 3.63) is 23.9 Å². The van der Waals surface area contributed by atoms with Crippen molar-refractivity contribution >= 4 is 11.8 Å². The van der Waals surface area contributed by atoms with Crippen LogP contribution in [0, 0.1) is 0 Å². The third-order valence-corrected chi connectivity index (χ3v) is 4.54. The summed E-state index contributed by atoms with van der Waals surface area (Å²) in [4.78, 5) is 21.1. The second kappa shape index (κ2) is 6.97. The molecule has 2 aliphatic heterocycles. The number of hydrogen-bond donors (Lipinski definition) is 1. The molecule has 3 heterocycles. The van der Waals surface area contributed by atoms with Crippen molar-refractivity contribution < 1.29 is 9.53 Å². The second-order valence-corrected chi connectivity index (χ2v) is 7.45. The smallest absolute Gasteiger partial charge is 0.317 e. The molecule has 2 fully saturated rings. The van der Waals surface area contributed by atoms with E-state index in [1.54, 1.807) is 0 Å². The second-order valence-electron chi connectivity index (χ2n) is 7.45. The Labute approximate surface area is 144 Å². The number of hydrogen-bond acceptors (Lipinski definition) is 4. The minimum Gasteiger partial charge on any atom is -0.369 e. The van der Waals surface area contributed by atoms with E-state index in [0.29, 0.717) is 19.6 Å². The molecule has 6 heteroatoms. The molecule has 3 rings (SSSR count). The maximum atomic E-state index is 12.4. The van der Waals surface area contributed by atoms with E-state index in [1.165, 1.54) is 12.8 Å². The number of nitrogens with one attached hydrogen (secondary N) is 1. The average molecular weight is 332 g/mol. The fourth-order valence-corrected chi connectivity index (χ4v) is 3.55. The molecule has 132 valence electrons. The Hall–Kier alpha value is -1.82. The van der Waals surface area contributed by atoms with Crippen molar-refractivity contribution in [1.29, 1.82) is 0 Å². The normalized spacial score (nSPS) is 23.4. The van der Waals surface area contributed by atoms with Crippen molar-refractivity contribution in [2.45, 2.75) is 51.9 Å². The van der Waals surface area contributed by atoms with Gasteiger partial charge < -0.3 is 19.9 Å². The van der Waals surface area contributed by atoms with Gasteiger partial charge in [-0.3, -0.25) is 0 Å². The van der Waals surface area contributed by atoms with E-state index < -0.39 is 0 Å². The number of urea groups is 1. The van der Waals surface area contributed by atoms with Crippen molar-refractivity contribution in [3.63, 3.8) is 0 Å². The highest BCUT2D eigenvalue weighted by Crippen LogP contribution is 2.21. The van der Waals surface area contributed by atoms with Crippen molar-refractivity contribution in [2.24, 2.45) is 0 Å². The van der Waals surface area contributed by atoms with Crippen LogP contribution in [0.15, 0.2) is 18.3 Å². The largest absolute Gasteiger partial charge is 0.369 e. The number of ether oxygens (including phenoxy) is 1. The van der Waals surface area contributed by atoms with Gasteiger partial charge in [-0.1, -0.05) is 6.07 Å². The summed E-state index contributed by atoms with van der Waals surface area (Å²) in [5.74, 6) is 1.03. The summed E-state index contributed by atoms with van der Waals surface area (Å²) in [5, 5.41) is 2.99. The third-order valence-electron chi connectivity index (χ3n) is 4.54. The molecule has 6 nitrogen and oxygen atoms in total. The van der Waals surface area contributed by atoms with Crippen LogP contribution >= 0.6 is 0 Å². The molecule has 0 aliphatic carbocycles. The molecule has 1 atom stereocenters. The lowest BCUT2D eigenvalue weighted by molar-refractivity contribution is -0.117. The zero-order valence-electron chi connectivity index (χ0n) is 14.9. The first kappa shape index (κ1) is 17.0. The summed E-state index contributed by atoms with van der Waals surface area (Å²) in [6, 6.07) is 4.06. The number of amides is 2. The van der Waals surface area contributed by atoms with Gasteiger partial charge in [0.25, 0.3) is 0 Å². The fourth-order valence-electron chi connectivity index (χ4n) is 3.55.